The van der Waals surface area contributed by atoms with Gasteiger partial charge in [-0.15, -0.1) is 6.58 Å². The summed E-state index contributed by atoms with van der Waals surface area (Å²) in [4.78, 5) is 32.3. The number of thiazole rings is 1. The van der Waals surface area contributed by atoms with Crippen molar-refractivity contribution in [3.8, 4) is 11.5 Å². The van der Waals surface area contributed by atoms with E-state index >= 15 is 0 Å². The van der Waals surface area contributed by atoms with Gasteiger partial charge in [0.2, 0.25) is 0 Å². The predicted octanol–water partition coefficient (Wildman–Crippen LogP) is 5.77. The number of aromatic nitrogens is 1. The molecule has 5 rings (SSSR count). The fourth-order valence-electron chi connectivity index (χ4n) is 5.12. The highest BCUT2D eigenvalue weighted by Crippen LogP contribution is 2.35. The van der Waals surface area contributed by atoms with Gasteiger partial charge in [0.05, 0.1) is 36.1 Å². The Morgan fingerprint density at radius 2 is 1.84 bits per heavy atom. The molecule has 1 aromatic heterocycles. The molecule has 0 saturated carbocycles. The molecule has 0 N–H and O–H groups in total. The average Bonchev–Trinajstić information content (AvgIpc) is 3.34. The van der Waals surface area contributed by atoms with E-state index in [4.69, 9.17) is 30.8 Å². The predicted molar refractivity (Wildman–Crippen MR) is 170 cm³/mol. The van der Waals surface area contributed by atoms with Crippen molar-refractivity contribution in [1.29, 1.82) is 0 Å². The Kier molecular flexibility index (Phi) is 9.28. The molecule has 2 heterocycles. The molecule has 1 atom stereocenters. The largest absolute Gasteiger partial charge is 0.493 e. The number of hydrogen-bond acceptors (Lipinski definition) is 7. The van der Waals surface area contributed by atoms with Crippen LogP contribution in [0.3, 0.4) is 0 Å². The number of rotatable bonds is 10. The van der Waals surface area contributed by atoms with Gasteiger partial charge in [0, 0.05) is 16.1 Å². The molecule has 7 nitrogen and oxygen atoms in total. The Morgan fingerprint density at radius 3 is 2.51 bits per heavy atom. The van der Waals surface area contributed by atoms with Crippen molar-refractivity contribution in [3.63, 3.8) is 0 Å². The number of carbonyl (C=O) groups is 1. The highest BCUT2D eigenvalue weighted by Gasteiger charge is 2.33. The van der Waals surface area contributed by atoms with Gasteiger partial charge in [-0.2, -0.15) is 0 Å². The quantitative estimate of drug-likeness (QED) is 0.167. The molecule has 1 aliphatic rings. The molecule has 0 radical (unpaired) electrons. The Bertz CT molecular complexity index is 1890. The molecule has 1 aliphatic heterocycles. The maximum absolute atomic E-state index is 14.0. The standard InChI is InChI=1S/C34H31ClN2O5S/c1-5-12-23-17-21(18-27(40-3)31(23)42-20-24-15-10-11-16-25(24)35)19-28-32(38)37-30(22-13-8-7-9-14-22)29(33(39)41-4)26(6-2)36-34(37)43-28/h5,7-11,13-19,30H,1,6,12,20H2,2-4H3/b28-19-/t30-/m0/s1. The van der Waals surface area contributed by atoms with Crippen LogP contribution >= 0.6 is 22.9 Å². The maximum Gasteiger partial charge on any atom is 0.338 e. The molecule has 43 heavy (non-hydrogen) atoms. The topological polar surface area (TPSA) is 79.1 Å². The van der Waals surface area contributed by atoms with Crippen molar-refractivity contribution in [3.05, 3.63) is 138 Å². The molecule has 0 saturated heterocycles. The molecule has 0 bridgehead atoms. The zero-order valence-corrected chi connectivity index (χ0v) is 25.7. The Morgan fingerprint density at radius 1 is 1.09 bits per heavy atom. The summed E-state index contributed by atoms with van der Waals surface area (Å²) < 4.78 is 19.1. The molecule has 3 aromatic carbocycles. The summed E-state index contributed by atoms with van der Waals surface area (Å²) in [6.45, 7) is 6.10. The second-order valence-electron chi connectivity index (χ2n) is 9.78. The van der Waals surface area contributed by atoms with Crippen LogP contribution in [0.2, 0.25) is 5.02 Å². The summed E-state index contributed by atoms with van der Waals surface area (Å²) >= 11 is 7.62. The number of ether oxygens (including phenoxy) is 3. The van der Waals surface area contributed by atoms with Gasteiger partial charge in [-0.25, -0.2) is 9.79 Å². The first-order valence-corrected chi connectivity index (χ1v) is 15.0. The summed E-state index contributed by atoms with van der Waals surface area (Å²) in [5.41, 5.74) is 3.97. The average molecular weight is 615 g/mol. The van der Waals surface area contributed by atoms with Gasteiger partial charge in [-0.05, 0) is 48.2 Å². The van der Waals surface area contributed by atoms with Gasteiger partial charge >= 0.3 is 5.97 Å². The van der Waals surface area contributed by atoms with Crippen LogP contribution in [0.15, 0.2) is 100 Å². The van der Waals surface area contributed by atoms with Gasteiger partial charge < -0.3 is 14.2 Å². The van der Waals surface area contributed by atoms with E-state index in [9.17, 15) is 9.59 Å². The Hall–Kier alpha value is -4.40. The first kappa shape index (κ1) is 30.1. The van der Waals surface area contributed by atoms with Crippen molar-refractivity contribution < 1.29 is 19.0 Å². The molecule has 9 heteroatoms. The van der Waals surface area contributed by atoms with Crippen molar-refractivity contribution in [2.24, 2.45) is 4.99 Å². The highest BCUT2D eigenvalue weighted by atomic mass is 35.5. The molecule has 0 fully saturated rings. The number of hydrogen-bond donors (Lipinski definition) is 0. The minimum atomic E-state index is -0.659. The Labute approximate surface area is 258 Å². The summed E-state index contributed by atoms with van der Waals surface area (Å²) in [5, 5.41) is 0.620. The number of nitrogens with zero attached hydrogens (tertiary/aromatic N) is 2. The molecule has 4 aromatic rings. The molecule has 0 spiro atoms. The zero-order chi connectivity index (χ0) is 30.5. The lowest BCUT2D eigenvalue weighted by Gasteiger charge is -2.25. The first-order chi connectivity index (χ1) is 20.9. The van der Waals surface area contributed by atoms with Crippen LogP contribution in [0.4, 0.5) is 0 Å². The van der Waals surface area contributed by atoms with Crippen molar-refractivity contribution in [2.45, 2.75) is 32.4 Å². The summed E-state index contributed by atoms with van der Waals surface area (Å²) in [6, 6.07) is 20.1. The first-order valence-electron chi connectivity index (χ1n) is 13.8. The van der Waals surface area contributed by atoms with E-state index < -0.39 is 12.0 Å². The van der Waals surface area contributed by atoms with Crippen LogP contribution < -0.4 is 24.4 Å². The molecular formula is C34H31ClN2O5S. The van der Waals surface area contributed by atoms with E-state index in [0.29, 0.717) is 50.0 Å². The van der Waals surface area contributed by atoms with Crippen LogP contribution in [0.5, 0.6) is 11.5 Å². The lowest BCUT2D eigenvalue weighted by Crippen LogP contribution is -2.40. The SMILES string of the molecule is C=CCc1cc(/C=c2\sc3n(c2=O)[C@@H](c2ccccc2)C(C(=O)OC)=C(CC)N=3)cc(OC)c1OCc1ccccc1Cl. The van der Waals surface area contributed by atoms with Crippen LogP contribution in [0, 0.1) is 0 Å². The van der Waals surface area contributed by atoms with Gasteiger partial charge in [-0.3, -0.25) is 9.36 Å². The smallest absolute Gasteiger partial charge is 0.338 e. The second kappa shape index (κ2) is 13.3. The summed E-state index contributed by atoms with van der Waals surface area (Å²) in [7, 11) is 2.92. The number of fused-ring (bicyclic) bond motifs is 1. The van der Waals surface area contributed by atoms with E-state index in [-0.39, 0.29) is 12.2 Å². The molecule has 0 amide bonds. The van der Waals surface area contributed by atoms with Crippen LogP contribution in [-0.2, 0) is 22.6 Å². The summed E-state index contributed by atoms with van der Waals surface area (Å²) in [5.74, 6) is 0.601. The number of halogens is 1. The number of esters is 1. The molecule has 0 unspecified atom stereocenters. The molecule has 0 aliphatic carbocycles. The van der Waals surface area contributed by atoms with Gasteiger partial charge in [0.1, 0.15) is 6.61 Å². The number of methoxy groups -OCH3 is 2. The number of allylic oxidation sites excluding steroid dienone is 2. The van der Waals surface area contributed by atoms with Gasteiger partial charge in [0.15, 0.2) is 16.3 Å². The van der Waals surface area contributed by atoms with E-state index in [1.54, 1.807) is 17.8 Å². The van der Waals surface area contributed by atoms with E-state index in [0.717, 1.165) is 22.3 Å². The highest BCUT2D eigenvalue weighted by molar-refractivity contribution is 7.07. The van der Waals surface area contributed by atoms with Crippen LogP contribution in [0.25, 0.3) is 6.08 Å². The summed E-state index contributed by atoms with van der Waals surface area (Å²) in [6.07, 6.45) is 4.63. The van der Waals surface area contributed by atoms with Gasteiger partial charge in [-0.1, -0.05) is 84.5 Å². The third kappa shape index (κ3) is 6.07. The lowest BCUT2D eigenvalue weighted by molar-refractivity contribution is -0.136. The fourth-order valence-corrected chi connectivity index (χ4v) is 6.33. The molecular weight excluding hydrogens is 584 g/mol. The monoisotopic (exact) mass is 614 g/mol. The van der Waals surface area contributed by atoms with Crippen LogP contribution in [0.1, 0.15) is 41.6 Å². The van der Waals surface area contributed by atoms with E-state index in [1.165, 1.54) is 18.4 Å². The third-order valence-corrected chi connectivity index (χ3v) is 8.48. The van der Waals surface area contributed by atoms with Crippen molar-refractivity contribution in [1.82, 2.24) is 4.57 Å². The number of carbonyl (C=O) groups excluding carboxylic acids is 1. The van der Waals surface area contributed by atoms with E-state index in [1.807, 2.05) is 79.7 Å². The minimum absolute atomic E-state index is 0.252. The Balaban J connectivity index is 1.63. The maximum atomic E-state index is 14.0. The lowest BCUT2D eigenvalue weighted by atomic mass is 9.95. The molecule has 220 valence electrons. The second-order valence-corrected chi connectivity index (χ2v) is 11.2. The van der Waals surface area contributed by atoms with Gasteiger partial charge in [0.25, 0.3) is 5.56 Å². The van der Waals surface area contributed by atoms with Crippen molar-refractivity contribution >= 4 is 35.0 Å². The van der Waals surface area contributed by atoms with E-state index in [2.05, 4.69) is 6.58 Å². The third-order valence-electron chi connectivity index (χ3n) is 7.13. The fraction of sp³-hybridized carbons (Fsp3) is 0.206. The van der Waals surface area contributed by atoms with Crippen LogP contribution in [-0.4, -0.2) is 24.8 Å². The van der Waals surface area contributed by atoms with Crippen molar-refractivity contribution in [2.75, 3.05) is 14.2 Å². The normalized spacial score (nSPS) is 14.6. The number of benzene rings is 3. The minimum Gasteiger partial charge on any atom is -0.493 e. The zero-order valence-electron chi connectivity index (χ0n) is 24.1.